The van der Waals surface area contributed by atoms with E-state index in [2.05, 4.69) is 10.3 Å². The van der Waals surface area contributed by atoms with E-state index in [0.29, 0.717) is 22.7 Å². The summed E-state index contributed by atoms with van der Waals surface area (Å²) in [5.74, 6) is 0.970. The molecule has 0 aliphatic heterocycles. The Hall–Kier alpha value is -2.76. The smallest absolute Gasteiger partial charge is 0.259 e. The van der Waals surface area contributed by atoms with E-state index in [-0.39, 0.29) is 11.7 Å². The van der Waals surface area contributed by atoms with E-state index in [1.165, 1.54) is 13.3 Å². The molecule has 104 valence electrons. The Morgan fingerprint density at radius 1 is 1.25 bits per heavy atom. The fourth-order valence-corrected chi connectivity index (χ4v) is 1.70. The Morgan fingerprint density at radius 2 is 2.05 bits per heavy atom. The number of amides is 1. The molecular formula is C14H15N3O3. The van der Waals surface area contributed by atoms with Crippen molar-refractivity contribution in [1.82, 2.24) is 4.98 Å². The normalized spacial score (nSPS) is 9.90. The van der Waals surface area contributed by atoms with Crippen molar-refractivity contribution >= 4 is 17.4 Å². The topological polar surface area (TPSA) is 86.5 Å². The van der Waals surface area contributed by atoms with Crippen LogP contribution in [0.25, 0.3) is 0 Å². The minimum absolute atomic E-state index is 0.178. The summed E-state index contributed by atoms with van der Waals surface area (Å²) in [6, 6.07) is 8.36. The van der Waals surface area contributed by atoms with Crippen molar-refractivity contribution in [3.63, 3.8) is 0 Å². The van der Waals surface area contributed by atoms with Gasteiger partial charge in [0, 0.05) is 12.3 Å². The number of carbonyl (C=O) groups is 1. The van der Waals surface area contributed by atoms with E-state index in [4.69, 9.17) is 15.2 Å². The van der Waals surface area contributed by atoms with Crippen molar-refractivity contribution in [3.05, 3.63) is 42.1 Å². The summed E-state index contributed by atoms with van der Waals surface area (Å²) in [4.78, 5) is 16.0. The third kappa shape index (κ3) is 2.80. The van der Waals surface area contributed by atoms with E-state index >= 15 is 0 Å². The lowest BCUT2D eigenvalue weighted by atomic mass is 10.2. The van der Waals surface area contributed by atoms with Crippen molar-refractivity contribution < 1.29 is 14.3 Å². The second-order valence-electron chi connectivity index (χ2n) is 3.96. The van der Waals surface area contributed by atoms with Crippen LogP contribution in [0, 0.1) is 0 Å². The number of aromatic nitrogens is 1. The number of methoxy groups -OCH3 is 2. The molecule has 0 saturated heterocycles. The van der Waals surface area contributed by atoms with E-state index in [1.54, 1.807) is 37.4 Å². The molecule has 2 aromatic rings. The summed E-state index contributed by atoms with van der Waals surface area (Å²) in [7, 11) is 3.08. The molecule has 3 N–H and O–H groups in total. The van der Waals surface area contributed by atoms with E-state index < -0.39 is 0 Å². The molecule has 1 aromatic carbocycles. The quantitative estimate of drug-likeness (QED) is 0.889. The summed E-state index contributed by atoms with van der Waals surface area (Å²) >= 11 is 0. The summed E-state index contributed by atoms with van der Waals surface area (Å²) in [6.07, 6.45) is 1.53. The largest absolute Gasteiger partial charge is 0.497 e. The number of nitrogens with zero attached hydrogens (tertiary/aromatic N) is 1. The lowest BCUT2D eigenvalue weighted by Gasteiger charge is -2.12. The average Bonchev–Trinajstić information content (AvgIpc) is 2.48. The highest BCUT2D eigenvalue weighted by atomic mass is 16.5. The van der Waals surface area contributed by atoms with Gasteiger partial charge in [-0.2, -0.15) is 0 Å². The molecule has 0 aliphatic rings. The van der Waals surface area contributed by atoms with Gasteiger partial charge in [-0.25, -0.2) is 4.98 Å². The van der Waals surface area contributed by atoms with Gasteiger partial charge in [0.1, 0.15) is 17.3 Å². The zero-order chi connectivity index (χ0) is 14.5. The molecular weight excluding hydrogens is 258 g/mol. The van der Waals surface area contributed by atoms with Gasteiger partial charge in [-0.15, -0.1) is 0 Å². The number of nitrogen functional groups attached to an aromatic ring is 1. The van der Waals surface area contributed by atoms with Gasteiger partial charge in [-0.05, 0) is 24.3 Å². The monoisotopic (exact) mass is 273 g/mol. The molecule has 6 heteroatoms. The standard InChI is InChI=1S/C14H15N3O3/c1-19-9-5-6-11(12(8-9)20-2)17-14(18)10-4-3-7-16-13(10)15/h3-8H,1-2H3,(H2,15,16)(H,17,18). The van der Waals surface area contributed by atoms with Crippen molar-refractivity contribution in [2.45, 2.75) is 0 Å². The Morgan fingerprint density at radius 3 is 2.70 bits per heavy atom. The first-order chi connectivity index (χ1) is 9.65. The summed E-state index contributed by atoms with van der Waals surface area (Å²) in [5.41, 5.74) is 6.51. The molecule has 0 unspecified atom stereocenters. The highest BCUT2D eigenvalue weighted by molar-refractivity contribution is 6.07. The second-order valence-corrected chi connectivity index (χ2v) is 3.96. The number of ether oxygens (including phenoxy) is 2. The van der Waals surface area contributed by atoms with Crippen LogP contribution < -0.4 is 20.5 Å². The van der Waals surface area contributed by atoms with E-state index in [1.807, 2.05) is 0 Å². The Bertz CT molecular complexity index is 629. The SMILES string of the molecule is COc1ccc(NC(=O)c2cccnc2N)c(OC)c1. The maximum absolute atomic E-state index is 12.1. The number of carbonyl (C=O) groups excluding carboxylic acids is 1. The van der Waals surface area contributed by atoms with Gasteiger partial charge in [0.05, 0.1) is 25.5 Å². The van der Waals surface area contributed by atoms with Crippen LogP contribution in [0.2, 0.25) is 0 Å². The molecule has 20 heavy (non-hydrogen) atoms. The molecule has 0 bridgehead atoms. The lowest BCUT2D eigenvalue weighted by molar-refractivity contribution is 0.102. The van der Waals surface area contributed by atoms with E-state index in [0.717, 1.165) is 0 Å². The van der Waals surface area contributed by atoms with E-state index in [9.17, 15) is 4.79 Å². The summed E-state index contributed by atoms with van der Waals surface area (Å²) in [5, 5.41) is 2.73. The van der Waals surface area contributed by atoms with Crippen LogP contribution in [-0.4, -0.2) is 25.1 Å². The fourth-order valence-electron chi connectivity index (χ4n) is 1.70. The van der Waals surface area contributed by atoms with Crippen molar-refractivity contribution in [1.29, 1.82) is 0 Å². The van der Waals surface area contributed by atoms with Crippen molar-refractivity contribution in [3.8, 4) is 11.5 Å². The van der Waals surface area contributed by atoms with Gasteiger partial charge in [0.2, 0.25) is 0 Å². The van der Waals surface area contributed by atoms with Gasteiger partial charge in [-0.1, -0.05) is 0 Å². The molecule has 2 rings (SSSR count). The number of hydrogen-bond acceptors (Lipinski definition) is 5. The first-order valence-corrected chi connectivity index (χ1v) is 5.89. The predicted octanol–water partition coefficient (Wildman–Crippen LogP) is 1.93. The summed E-state index contributed by atoms with van der Waals surface area (Å²) < 4.78 is 10.3. The van der Waals surface area contributed by atoms with Crippen LogP contribution in [-0.2, 0) is 0 Å². The Balaban J connectivity index is 2.26. The lowest BCUT2D eigenvalue weighted by Crippen LogP contribution is -2.15. The first-order valence-electron chi connectivity index (χ1n) is 5.89. The number of hydrogen-bond donors (Lipinski definition) is 2. The fraction of sp³-hybridized carbons (Fsp3) is 0.143. The molecule has 0 aliphatic carbocycles. The number of rotatable bonds is 4. The third-order valence-corrected chi connectivity index (χ3v) is 2.74. The van der Waals surface area contributed by atoms with Gasteiger partial charge in [-0.3, -0.25) is 4.79 Å². The molecule has 0 spiro atoms. The molecule has 1 amide bonds. The predicted molar refractivity (Wildman–Crippen MR) is 76.1 cm³/mol. The summed E-state index contributed by atoms with van der Waals surface area (Å²) in [6.45, 7) is 0. The Kier molecular flexibility index (Phi) is 4.05. The molecule has 0 radical (unpaired) electrons. The molecule has 6 nitrogen and oxygen atoms in total. The Labute approximate surface area is 116 Å². The molecule has 1 aromatic heterocycles. The van der Waals surface area contributed by atoms with Crippen LogP contribution in [0.15, 0.2) is 36.5 Å². The molecule has 0 atom stereocenters. The number of anilines is 2. The molecule has 0 fully saturated rings. The molecule has 0 saturated carbocycles. The average molecular weight is 273 g/mol. The van der Waals surface area contributed by atoms with Gasteiger partial charge in [0.15, 0.2) is 0 Å². The number of nitrogens with two attached hydrogens (primary N) is 1. The highest BCUT2D eigenvalue weighted by Crippen LogP contribution is 2.29. The minimum atomic E-state index is -0.348. The maximum Gasteiger partial charge on any atom is 0.259 e. The van der Waals surface area contributed by atoms with Crippen molar-refractivity contribution in [2.24, 2.45) is 0 Å². The van der Waals surface area contributed by atoms with Gasteiger partial charge < -0.3 is 20.5 Å². The second kappa shape index (κ2) is 5.92. The van der Waals surface area contributed by atoms with Crippen LogP contribution in [0.5, 0.6) is 11.5 Å². The van der Waals surface area contributed by atoms with Crippen LogP contribution in [0.3, 0.4) is 0 Å². The zero-order valence-electron chi connectivity index (χ0n) is 11.2. The first kappa shape index (κ1) is 13.7. The number of nitrogens with one attached hydrogen (secondary N) is 1. The van der Waals surface area contributed by atoms with Crippen molar-refractivity contribution in [2.75, 3.05) is 25.3 Å². The number of pyridine rings is 1. The van der Waals surface area contributed by atoms with Gasteiger partial charge >= 0.3 is 0 Å². The highest BCUT2D eigenvalue weighted by Gasteiger charge is 2.13. The van der Waals surface area contributed by atoms with Crippen LogP contribution in [0.1, 0.15) is 10.4 Å². The van der Waals surface area contributed by atoms with Crippen LogP contribution in [0.4, 0.5) is 11.5 Å². The maximum atomic E-state index is 12.1. The van der Waals surface area contributed by atoms with Gasteiger partial charge in [0.25, 0.3) is 5.91 Å². The third-order valence-electron chi connectivity index (χ3n) is 2.74. The zero-order valence-corrected chi connectivity index (χ0v) is 11.2. The number of benzene rings is 1. The minimum Gasteiger partial charge on any atom is -0.497 e. The molecule has 1 heterocycles. The van der Waals surface area contributed by atoms with Crippen LogP contribution >= 0.6 is 0 Å².